The van der Waals surface area contributed by atoms with E-state index in [2.05, 4.69) is 11.3 Å². The van der Waals surface area contributed by atoms with Crippen LogP contribution in [0.2, 0.25) is 0 Å². The first kappa shape index (κ1) is 20.9. The maximum atomic E-state index is 14.9. The lowest BCUT2D eigenvalue weighted by molar-refractivity contribution is -0.153. The minimum Gasteiger partial charge on any atom is -0.484 e. The summed E-state index contributed by atoms with van der Waals surface area (Å²) in [7, 11) is 1.54. The molecule has 0 unspecified atom stereocenters. The van der Waals surface area contributed by atoms with E-state index >= 15 is 0 Å². The second-order valence-electron chi connectivity index (χ2n) is 6.29. The molecule has 0 aromatic heterocycles. The van der Waals surface area contributed by atoms with E-state index in [1.54, 1.807) is 43.5 Å². The van der Waals surface area contributed by atoms with Crippen LogP contribution in [0.15, 0.2) is 65.8 Å². The Morgan fingerprint density at radius 3 is 2.21 bits per heavy atom. The molecule has 0 fully saturated rings. The number of alkyl halides is 3. The molecule has 152 valence electrons. The lowest BCUT2D eigenvalue weighted by Crippen LogP contribution is -2.22. The number of nitrogens with zero attached hydrogens (tertiary/aromatic N) is 1. The van der Waals surface area contributed by atoms with Gasteiger partial charge in [-0.1, -0.05) is 48.5 Å². The maximum absolute atomic E-state index is 14.9. The van der Waals surface area contributed by atoms with Crippen LogP contribution in [0.4, 0.5) is 22.0 Å². The van der Waals surface area contributed by atoms with Gasteiger partial charge in [0.2, 0.25) is 0 Å². The fourth-order valence-corrected chi connectivity index (χ4v) is 3.15. The van der Waals surface area contributed by atoms with Crippen LogP contribution in [-0.4, -0.2) is 24.7 Å². The molecule has 0 atom stereocenters. The van der Waals surface area contributed by atoms with E-state index in [1.165, 1.54) is 4.90 Å². The Hall–Kier alpha value is -2.80. The average molecular weight is 428 g/mol. The lowest BCUT2D eigenvalue weighted by Gasteiger charge is -2.31. The van der Waals surface area contributed by atoms with Gasteiger partial charge in [-0.2, -0.15) is 13.2 Å². The predicted octanol–water partition coefficient (Wildman–Crippen LogP) is 6.36. The molecule has 0 N–H and O–H groups in total. The van der Waals surface area contributed by atoms with Crippen LogP contribution in [0.25, 0.3) is 11.3 Å². The van der Waals surface area contributed by atoms with Gasteiger partial charge in [0.25, 0.3) is 0 Å². The summed E-state index contributed by atoms with van der Waals surface area (Å²) in [5.74, 6) is -2.71. The molecule has 1 heterocycles. The highest BCUT2D eigenvalue weighted by atomic mass is 35.5. The minimum atomic E-state index is -4.63. The smallest absolute Gasteiger partial charge is 0.422 e. The number of halogens is 6. The molecule has 1 aliphatic rings. The van der Waals surface area contributed by atoms with E-state index in [1.807, 2.05) is 0 Å². The Balaban J connectivity index is 2.16. The first-order valence-corrected chi connectivity index (χ1v) is 8.75. The zero-order valence-electron chi connectivity index (χ0n) is 15.2. The fraction of sp³-hybridized carbons (Fsp3) is 0.143. The molecule has 3 rings (SSSR count). The largest absolute Gasteiger partial charge is 0.484 e. The quantitative estimate of drug-likeness (QED) is 0.527. The molecule has 8 heteroatoms. The maximum Gasteiger partial charge on any atom is 0.422 e. The fourth-order valence-electron chi connectivity index (χ4n) is 2.92. The Kier molecular flexibility index (Phi) is 5.71. The van der Waals surface area contributed by atoms with Crippen molar-refractivity contribution in [2.45, 2.75) is 6.18 Å². The summed E-state index contributed by atoms with van der Waals surface area (Å²) in [6.45, 7) is 2.16. The molecule has 0 bridgehead atoms. The molecule has 0 amide bonds. The van der Waals surface area contributed by atoms with E-state index in [0.29, 0.717) is 21.9 Å². The number of rotatable bonds is 4. The second kappa shape index (κ2) is 7.91. The molecular weight excluding hydrogens is 413 g/mol. The summed E-state index contributed by atoms with van der Waals surface area (Å²) < 4.78 is 71.2. The van der Waals surface area contributed by atoms with Crippen molar-refractivity contribution in [3.63, 3.8) is 0 Å². The van der Waals surface area contributed by atoms with Gasteiger partial charge in [-0.3, -0.25) is 0 Å². The highest BCUT2D eigenvalue weighted by Gasteiger charge is 2.30. The Bertz CT molecular complexity index is 988. The van der Waals surface area contributed by atoms with Crippen molar-refractivity contribution in [2.24, 2.45) is 0 Å². The van der Waals surface area contributed by atoms with Gasteiger partial charge >= 0.3 is 6.18 Å². The molecule has 2 aromatic carbocycles. The molecule has 0 saturated carbocycles. The number of ether oxygens (including phenoxy) is 1. The van der Waals surface area contributed by atoms with Gasteiger partial charge in [-0.05, 0) is 11.6 Å². The van der Waals surface area contributed by atoms with Crippen molar-refractivity contribution in [1.82, 2.24) is 4.90 Å². The van der Waals surface area contributed by atoms with Crippen LogP contribution in [-0.2, 0) is 0 Å². The van der Waals surface area contributed by atoms with Gasteiger partial charge in [0.1, 0.15) is 17.4 Å². The van der Waals surface area contributed by atoms with Crippen LogP contribution in [0.3, 0.4) is 0 Å². The molecule has 29 heavy (non-hydrogen) atoms. The first-order chi connectivity index (χ1) is 13.6. The monoisotopic (exact) mass is 427 g/mol. The van der Waals surface area contributed by atoms with Crippen LogP contribution < -0.4 is 4.74 Å². The van der Waals surface area contributed by atoms with Crippen molar-refractivity contribution < 1.29 is 26.7 Å². The highest BCUT2D eigenvalue weighted by Crippen LogP contribution is 2.41. The topological polar surface area (TPSA) is 12.5 Å². The van der Waals surface area contributed by atoms with Gasteiger partial charge in [0.15, 0.2) is 6.61 Å². The Morgan fingerprint density at radius 2 is 1.66 bits per heavy atom. The van der Waals surface area contributed by atoms with Gasteiger partial charge in [0.05, 0.1) is 22.0 Å². The van der Waals surface area contributed by atoms with Crippen molar-refractivity contribution in [1.29, 1.82) is 0 Å². The molecule has 2 nitrogen and oxygen atoms in total. The normalized spacial score (nSPS) is 14.9. The molecule has 0 spiro atoms. The number of likely N-dealkylation sites (N-methyl/N-ethyl adjacent to an activating group) is 1. The average Bonchev–Trinajstić information content (AvgIpc) is 2.65. The van der Waals surface area contributed by atoms with Crippen LogP contribution in [0.1, 0.15) is 11.1 Å². The summed E-state index contributed by atoms with van der Waals surface area (Å²) in [5.41, 5.74) is 1.12. The Labute approximate surface area is 169 Å². The highest BCUT2D eigenvalue weighted by molar-refractivity contribution is 6.33. The van der Waals surface area contributed by atoms with E-state index in [9.17, 15) is 22.0 Å². The van der Waals surface area contributed by atoms with Crippen molar-refractivity contribution in [2.75, 3.05) is 13.7 Å². The molecule has 0 radical (unpaired) electrons. The van der Waals surface area contributed by atoms with Gasteiger partial charge < -0.3 is 9.64 Å². The predicted molar refractivity (Wildman–Crippen MR) is 102 cm³/mol. The summed E-state index contributed by atoms with van der Waals surface area (Å²) in [6.07, 6.45) is -3.08. The number of hydrogen-bond acceptors (Lipinski definition) is 2. The van der Waals surface area contributed by atoms with Crippen molar-refractivity contribution in [3.8, 4) is 5.75 Å². The van der Waals surface area contributed by atoms with Crippen LogP contribution >= 0.6 is 11.6 Å². The molecule has 0 aliphatic carbocycles. The summed E-state index contributed by atoms with van der Waals surface area (Å²) in [4.78, 5) is 1.43. The standard InChI is InChI=1S/C21H15ClF5NO/c1-12-16(22)10-15(13-6-4-3-5-7-13)20(28(12)2)19-17(23)8-14(9-18(19)24)29-11-21(25,26)27/h3-10H,1,11H2,2H3. The second-order valence-corrected chi connectivity index (χ2v) is 6.70. The van der Waals surface area contributed by atoms with E-state index in [4.69, 9.17) is 11.6 Å². The summed E-state index contributed by atoms with van der Waals surface area (Å²) in [5, 5.41) is 0.293. The number of benzene rings is 2. The van der Waals surface area contributed by atoms with Crippen LogP contribution in [0, 0.1) is 11.6 Å². The van der Waals surface area contributed by atoms with E-state index in [0.717, 1.165) is 12.1 Å². The Morgan fingerprint density at radius 1 is 1.07 bits per heavy atom. The minimum absolute atomic E-state index is 0.142. The zero-order valence-corrected chi connectivity index (χ0v) is 15.9. The lowest BCUT2D eigenvalue weighted by atomic mass is 9.94. The van der Waals surface area contributed by atoms with Gasteiger partial charge in [0, 0.05) is 24.8 Å². The summed E-state index contributed by atoms with van der Waals surface area (Å²) >= 11 is 6.22. The van der Waals surface area contributed by atoms with Crippen LogP contribution in [0.5, 0.6) is 5.75 Å². The van der Waals surface area contributed by atoms with Gasteiger partial charge in [-0.15, -0.1) is 0 Å². The zero-order chi connectivity index (χ0) is 21.3. The summed E-state index contributed by atoms with van der Waals surface area (Å²) in [6, 6.07) is 10.2. The third-order valence-electron chi connectivity index (χ3n) is 4.28. The van der Waals surface area contributed by atoms with Gasteiger partial charge in [-0.25, -0.2) is 8.78 Å². The molecule has 0 saturated heterocycles. The van der Waals surface area contributed by atoms with Crippen molar-refractivity contribution in [3.05, 3.63) is 88.6 Å². The first-order valence-electron chi connectivity index (χ1n) is 8.37. The van der Waals surface area contributed by atoms with Crippen molar-refractivity contribution >= 4 is 22.9 Å². The molecular formula is C21H15ClF5NO. The number of allylic oxidation sites excluding steroid dienone is 3. The molecule has 1 aliphatic heterocycles. The van der Waals surface area contributed by atoms with E-state index in [-0.39, 0.29) is 5.70 Å². The number of hydrogen-bond donors (Lipinski definition) is 0. The van der Waals surface area contributed by atoms with E-state index < -0.39 is 35.7 Å². The SMILES string of the molecule is C=C1C(Cl)=CC(c2ccccc2)=C(c2c(F)cc(OCC(F)(F)F)cc2F)N1C. The molecule has 2 aromatic rings. The third kappa shape index (κ3) is 4.45. The third-order valence-corrected chi connectivity index (χ3v) is 4.61.